The van der Waals surface area contributed by atoms with E-state index in [9.17, 15) is 4.79 Å². The predicted octanol–water partition coefficient (Wildman–Crippen LogP) is 3.35. The number of hydrogen-bond acceptors (Lipinski definition) is 8. The molecule has 33 heavy (non-hydrogen) atoms. The third-order valence-electron chi connectivity index (χ3n) is 5.36. The van der Waals surface area contributed by atoms with E-state index in [4.69, 9.17) is 23.8 Å². The molecule has 0 aromatic heterocycles. The van der Waals surface area contributed by atoms with E-state index in [-0.39, 0.29) is 36.2 Å². The van der Waals surface area contributed by atoms with Crippen LogP contribution in [0.1, 0.15) is 66.2 Å². The lowest BCUT2D eigenvalue weighted by Gasteiger charge is -2.41. The minimum atomic E-state index is -1.40. The molecular formula is C23H45N4O5P. The summed E-state index contributed by atoms with van der Waals surface area (Å²) in [5.41, 5.74) is 0. The molecule has 192 valence electrons. The third-order valence-corrected chi connectivity index (χ3v) is 7.51. The number of nitrogens with zero attached hydrogens (tertiary/aromatic N) is 2. The van der Waals surface area contributed by atoms with Crippen molar-refractivity contribution in [2.24, 2.45) is 0 Å². The van der Waals surface area contributed by atoms with E-state index in [2.05, 4.69) is 49.1 Å². The molecule has 4 unspecified atom stereocenters. The van der Waals surface area contributed by atoms with Crippen LogP contribution in [-0.2, 0) is 23.3 Å². The highest BCUT2D eigenvalue weighted by Gasteiger charge is 2.38. The molecule has 10 heteroatoms. The lowest BCUT2D eigenvalue weighted by Crippen LogP contribution is -2.51. The normalized spacial score (nSPS) is 22.0. The quantitative estimate of drug-likeness (QED) is 0.237. The van der Waals surface area contributed by atoms with E-state index in [0.29, 0.717) is 39.1 Å². The van der Waals surface area contributed by atoms with Gasteiger partial charge in [0.05, 0.1) is 44.5 Å². The van der Waals surface area contributed by atoms with Crippen molar-refractivity contribution in [2.45, 2.75) is 96.6 Å². The largest absolute Gasteiger partial charge is 0.382 e. The Kier molecular flexibility index (Phi) is 16.1. The first-order valence-electron chi connectivity index (χ1n) is 12.1. The van der Waals surface area contributed by atoms with E-state index < -0.39 is 8.53 Å². The molecule has 9 nitrogen and oxygen atoms in total. The van der Waals surface area contributed by atoms with Gasteiger partial charge in [-0.25, -0.2) is 4.67 Å². The second-order valence-corrected chi connectivity index (χ2v) is 10.3. The molecule has 1 aliphatic heterocycles. The maximum atomic E-state index is 12.4. The molecule has 1 rings (SSSR count). The Morgan fingerprint density at radius 1 is 1.24 bits per heavy atom. The van der Waals surface area contributed by atoms with Crippen molar-refractivity contribution in [1.82, 2.24) is 15.3 Å². The Balaban J connectivity index is 2.78. The van der Waals surface area contributed by atoms with Gasteiger partial charge in [0.2, 0.25) is 5.91 Å². The minimum Gasteiger partial charge on any atom is -0.382 e. The van der Waals surface area contributed by atoms with Crippen LogP contribution in [0.3, 0.4) is 0 Å². The van der Waals surface area contributed by atoms with Crippen LogP contribution in [0.5, 0.6) is 0 Å². The van der Waals surface area contributed by atoms with E-state index >= 15 is 0 Å². The van der Waals surface area contributed by atoms with Crippen LogP contribution in [0.15, 0.2) is 0 Å². The van der Waals surface area contributed by atoms with Gasteiger partial charge in [0.25, 0.3) is 8.53 Å². The number of ether oxygens (including phenoxy) is 2. The number of carbonyl (C=O) groups is 1. The molecule has 2 N–H and O–H groups in total. The fraction of sp³-hybridized carbons (Fsp3) is 0.913. The van der Waals surface area contributed by atoms with Gasteiger partial charge in [-0.05, 0) is 60.5 Å². The summed E-state index contributed by atoms with van der Waals surface area (Å²) in [4.78, 5) is 12.4. The summed E-state index contributed by atoms with van der Waals surface area (Å²) >= 11 is 0. The lowest BCUT2D eigenvalue weighted by atomic mass is 10.0. The molecule has 0 spiro atoms. The summed E-state index contributed by atoms with van der Waals surface area (Å²) in [7, 11) is 2.18. The molecule has 0 aromatic carbocycles. The van der Waals surface area contributed by atoms with E-state index in [1.807, 2.05) is 7.05 Å². The van der Waals surface area contributed by atoms with Crippen molar-refractivity contribution in [3.63, 3.8) is 0 Å². The van der Waals surface area contributed by atoms with Crippen LogP contribution in [-0.4, -0.2) is 81.4 Å². The zero-order chi connectivity index (χ0) is 24.6. The molecule has 4 atom stereocenters. The number of rotatable bonds is 17. The van der Waals surface area contributed by atoms with Crippen LogP contribution in [0, 0.1) is 11.3 Å². The standard InChI is InChI=1S/C23H45N4O5P/c1-18(2)27(19(3)4)33(31-14-10-12-24)32-21-15-20(16-30-22(21)17-29-6)26-23(28)11-8-7-9-13-25-5/h18-22,25H,7-11,13-17H2,1-6H3,(H,26,28). The number of nitrogens with one attached hydrogen (secondary N) is 2. The van der Waals surface area contributed by atoms with Gasteiger partial charge >= 0.3 is 0 Å². The van der Waals surface area contributed by atoms with Crippen LogP contribution in [0.4, 0.5) is 0 Å². The van der Waals surface area contributed by atoms with Crippen LogP contribution in [0.25, 0.3) is 0 Å². The summed E-state index contributed by atoms with van der Waals surface area (Å²) in [5, 5.41) is 15.2. The number of hydrogen-bond donors (Lipinski definition) is 2. The molecule has 0 saturated carbocycles. The molecule has 0 bridgehead atoms. The molecule has 0 aromatic rings. The monoisotopic (exact) mass is 488 g/mol. The van der Waals surface area contributed by atoms with Crippen LogP contribution in [0.2, 0.25) is 0 Å². The minimum absolute atomic E-state index is 0.0514. The Bertz CT molecular complexity index is 568. The van der Waals surface area contributed by atoms with Gasteiger partial charge < -0.3 is 29.2 Å². The third kappa shape index (κ3) is 11.9. The number of unbranched alkanes of at least 4 members (excludes halogenated alkanes) is 2. The van der Waals surface area contributed by atoms with Gasteiger partial charge in [0.1, 0.15) is 6.10 Å². The number of carbonyl (C=O) groups excluding carboxylic acids is 1. The smallest absolute Gasteiger partial charge is 0.259 e. The highest BCUT2D eigenvalue weighted by atomic mass is 31.2. The van der Waals surface area contributed by atoms with Crippen molar-refractivity contribution < 1.29 is 23.3 Å². The average molecular weight is 489 g/mol. The van der Waals surface area contributed by atoms with Crippen molar-refractivity contribution in [3.8, 4) is 6.07 Å². The highest BCUT2D eigenvalue weighted by molar-refractivity contribution is 7.44. The molecule has 0 radical (unpaired) electrons. The van der Waals surface area contributed by atoms with Gasteiger partial charge in [0.15, 0.2) is 0 Å². The number of amides is 1. The Hall–Kier alpha value is -0.850. The fourth-order valence-electron chi connectivity index (χ4n) is 3.85. The first-order valence-corrected chi connectivity index (χ1v) is 13.3. The summed E-state index contributed by atoms with van der Waals surface area (Å²) in [6.45, 7) is 10.6. The lowest BCUT2D eigenvalue weighted by molar-refractivity contribution is -0.128. The topological polar surface area (TPSA) is 105 Å². The second kappa shape index (κ2) is 17.6. The van der Waals surface area contributed by atoms with Gasteiger partial charge in [0, 0.05) is 25.6 Å². The van der Waals surface area contributed by atoms with Gasteiger partial charge in [-0.3, -0.25) is 4.79 Å². The molecule has 1 saturated heterocycles. The Labute approximate surface area is 201 Å². The molecule has 1 aliphatic rings. The van der Waals surface area contributed by atoms with E-state index in [1.54, 1.807) is 7.11 Å². The maximum absolute atomic E-state index is 12.4. The summed E-state index contributed by atoms with van der Waals surface area (Å²) in [6.07, 6.45) is 3.91. The molecule has 1 amide bonds. The maximum Gasteiger partial charge on any atom is 0.259 e. The highest BCUT2D eigenvalue weighted by Crippen LogP contribution is 2.48. The SMILES string of the molecule is CNCCCCCC(=O)NC1COC(COC)C(OP(OCCC#N)N(C(C)C)C(C)C)C1. The predicted molar refractivity (Wildman–Crippen MR) is 131 cm³/mol. The van der Waals surface area contributed by atoms with Crippen molar-refractivity contribution in [1.29, 1.82) is 5.26 Å². The Morgan fingerprint density at radius 2 is 1.97 bits per heavy atom. The van der Waals surface area contributed by atoms with Crippen LogP contribution >= 0.6 is 8.53 Å². The summed E-state index contributed by atoms with van der Waals surface area (Å²) < 4.78 is 26.2. The summed E-state index contributed by atoms with van der Waals surface area (Å²) in [5.74, 6) is 0.0514. The molecule has 1 heterocycles. The van der Waals surface area contributed by atoms with Gasteiger partial charge in [-0.15, -0.1) is 0 Å². The van der Waals surface area contributed by atoms with Gasteiger partial charge in [-0.1, -0.05) is 6.42 Å². The molecule has 0 aliphatic carbocycles. The zero-order valence-electron chi connectivity index (χ0n) is 21.3. The van der Waals surface area contributed by atoms with Crippen molar-refractivity contribution in [2.75, 3.05) is 40.5 Å². The van der Waals surface area contributed by atoms with E-state index in [1.165, 1.54) is 0 Å². The zero-order valence-corrected chi connectivity index (χ0v) is 22.2. The Morgan fingerprint density at radius 3 is 2.58 bits per heavy atom. The van der Waals surface area contributed by atoms with Gasteiger partial charge in [-0.2, -0.15) is 5.26 Å². The first-order chi connectivity index (χ1) is 15.8. The first kappa shape index (κ1) is 30.2. The number of methoxy groups -OCH3 is 1. The molecular weight excluding hydrogens is 443 g/mol. The fourth-order valence-corrected chi connectivity index (χ4v) is 5.61. The van der Waals surface area contributed by atoms with Crippen molar-refractivity contribution in [3.05, 3.63) is 0 Å². The van der Waals surface area contributed by atoms with Crippen molar-refractivity contribution >= 4 is 14.4 Å². The second-order valence-electron chi connectivity index (χ2n) is 8.93. The number of nitriles is 1. The van der Waals surface area contributed by atoms with Crippen LogP contribution < -0.4 is 10.6 Å². The molecule has 1 fully saturated rings. The average Bonchev–Trinajstić information content (AvgIpc) is 2.75. The summed E-state index contributed by atoms with van der Waals surface area (Å²) in [6, 6.07) is 2.43. The van der Waals surface area contributed by atoms with E-state index in [0.717, 1.165) is 25.8 Å².